The Morgan fingerprint density at radius 3 is 2.58 bits per heavy atom. The van der Waals surface area contributed by atoms with Gasteiger partial charge in [-0.25, -0.2) is 13.6 Å². The number of likely N-dealkylation sites (N-methyl/N-ethyl adjacent to an activating group) is 2. The molecule has 2 amide bonds. The van der Waals surface area contributed by atoms with Crippen LogP contribution in [0.15, 0.2) is 18.2 Å². The van der Waals surface area contributed by atoms with E-state index in [0.717, 1.165) is 38.3 Å². The number of anilines is 1. The average molecular weight is 342 g/mol. The van der Waals surface area contributed by atoms with Crippen LogP contribution in [-0.4, -0.2) is 85.3 Å². The van der Waals surface area contributed by atoms with Crippen LogP contribution in [0.25, 0.3) is 0 Å². The van der Waals surface area contributed by atoms with E-state index in [1.807, 2.05) is 0 Å². The van der Waals surface area contributed by atoms with E-state index >= 15 is 0 Å². The first-order valence-electron chi connectivity index (χ1n) is 7.91. The maximum atomic E-state index is 13.1. The number of piperazine rings is 1. The van der Waals surface area contributed by atoms with Gasteiger partial charge in [0.1, 0.15) is 0 Å². The van der Waals surface area contributed by atoms with E-state index in [-0.39, 0.29) is 12.2 Å². The molecule has 1 aliphatic heterocycles. The van der Waals surface area contributed by atoms with Gasteiger partial charge in [0, 0.05) is 58.1 Å². The summed E-state index contributed by atoms with van der Waals surface area (Å²) in [5.41, 5.74) is 0.166. The van der Waals surface area contributed by atoms with Gasteiger partial charge in [0.2, 0.25) is 0 Å². The van der Waals surface area contributed by atoms with Gasteiger partial charge in [-0.1, -0.05) is 0 Å². The number of carbonyl (C=O) groups is 1. The molecule has 2 N–H and O–H groups in total. The molecular formula is C16H24F2N4O2. The van der Waals surface area contributed by atoms with Crippen molar-refractivity contribution < 1.29 is 18.7 Å². The Bertz CT molecular complexity index is 565. The number of hydrogen-bond donors (Lipinski definition) is 2. The second-order valence-corrected chi connectivity index (χ2v) is 6.20. The zero-order valence-electron chi connectivity index (χ0n) is 14.0. The van der Waals surface area contributed by atoms with Crippen molar-refractivity contribution in [3.05, 3.63) is 29.8 Å². The summed E-state index contributed by atoms with van der Waals surface area (Å²) in [6, 6.07) is 2.66. The molecule has 1 heterocycles. The van der Waals surface area contributed by atoms with Gasteiger partial charge in [-0.3, -0.25) is 4.90 Å². The third-order valence-electron chi connectivity index (χ3n) is 4.07. The number of halogens is 2. The van der Waals surface area contributed by atoms with Crippen LogP contribution in [0.2, 0.25) is 0 Å². The van der Waals surface area contributed by atoms with E-state index in [1.54, 1.807) is 7.05 Å². The number of nitrogens with one attached hydrogen (secondary N) is 1. The number of aliphatic hydroxyl groups excluding tert-OH is 1. The van der Waals surface area contributed by atoms with Crippen LogP contribution in [0, 0.1) is 11.6 Å². The van der Waals surface area contributed by atoms with Crippen molar-refractivity contribution in [2.24, 2.45) is 0 Å². The number of amides is 2. The normalized spacial score (nSPS) is 17.5. The highest BCUT2D eigenvalue weighted by atomic mass is 19.2. The van der Waals surface area contributed by atoms with E-state index in [1.165, 1.54) is 11.0 Å². The number of aliphatic hydroxyl groups is 1. The lowest BCUT2D eigenvalue weighted by Crippen LogP contribution is -2.49. The van der Waals surface area contributed by atoms with Crippen LogP contribution < -0.4 is 5.32 Å². The van der Waals surface area contributed by atoms with Gasteiger partial charge in [0.15, 0.2) is 11.6 Å². The molecule has 0 aliphatic carbocycles. The summed E-state index contributed by atoms with van der Waals surface area (Å²) in [5, 5.41) is 12.6. The molecule has 6 nitrogen and oxygen atoms in total. The lowest BCUT2D eigenvalue weighted by Gasteiger charge is -2.34. The van der Waals surface area contributed by atoms with Crippen molar-refractivity contribution >= 4 is 11.7 Å². The minimum atomic E-state index is -1.02. The first-order valence-corrected chi connectivity index (χ1v) is 7.91. The Morgan fingerprint density at radius 2 is 1.96 bits per heavy atom. The molecule has 24 heavy (non-hydrogen) atoms. The molecule has 0 bridgehead atoms. The third-order valence-corrected chi connectivity index (χ3v) is 4.07. The van der Waals surface area contributed by atoms with Gasteiger partial charge in [0.05, 0.1) is 6.10 Å². The highest BCUT2D eigenvalue weighted by molar-refractivity contribution is 5.89. The SMILES string of the molecule is CN1CCN(CC(O)CN(C)C(=O)Nc2ccc(F)c(F)c2)CC1. The molecule has 2 rings (SSSR count). The van der Waals surface area contributed by atoms with Crippen LogP contribution >= 0.6 is 0 Å². The Kier molecular flexibility index (Phi) is 6.47. The molecule has 1 aromatic carbocycles. The predicted octanol–water partition coefficient (Wildman–Crippen LogP) is 1.04. The zero-order valence-corrected chi connectivity index (χ0v) is 14.0. The fourth-order valence-corrected chi connectivity index (χ4v) is 2.58. The number of urea groups is 1. The molecule has 1 unspecified atom stereocenters. The summed E-state index contributed by atoms with van der Waals surface area (Å²) in [7, 11) is 3.60. The van der Waals surface area contributed by atoms with Gasteiger partial charge in [-0.15, -0.1) is 0 Å². The predicted molar refractivity (Wildman–Crippen MR) is 88.0 cm³/mol. The van der Waals surface area contributed by atoms with Crippen LogP contribution in [0.1, 0.15) is 0 Å². The van der Waals surface area contributed by atoms with Crippen LogP contribution in [0.4, 0.5) is 19.3 Å². The van der Waals surface area contributed by atoms with Crippen molar-refractivity contribution in [2.45, 2.75) is 6.10 Å². The molecule has 0 saturated carbocycles. The number of nitrogens with zero attached hydrogens (tertiary/aromatic N) is 3. The molecule has 0 spiro atoms. The Balaban J connectivity index is 1.78. The van der Waals surface area contributed by atoms with E-state index < -0.39 is 23.8 Å². The third kappa shape index (κ3) is 5.40. The van der Waals surface area contributed by atoms with Crippen LogP contribution in [0.5, 0.6) is 0 Å². The van der Waals surface area contributed by atoms with Gasteiger partial charge >= 0.3 is 6.03 Å². The highest BCUT2D eigenvalue weighted by Gasteiger charge is 2.19. The fourth-order valence-electron chi connectivity index (χ4n) is 2.58. The second kappa shape index (κ2) is 8.36. The summed E-state index contributed by atoms with van der Waals surface area (Å²) < 4.78 is 26.0. The summed E-state index contributed by atoms with van der Waals surface area (Å²) in [5.74, 6) is -1.99. The molecule has 134 valence electrons. The van der Waals surface area contributed by atoms with Crippen molar-refractivity contribution in [3.8, 4) is 0 Å². The minimum Gasteiger partial charge on any atom is -0.390 e. The molecule has 1 saturated heterocycles. The molecule has 8 heteroatoms. The van der Waals surface area contributed by atoms with Gasteiger partial charge < -0.3 is 20.2 Å². The molecule has 1 fully saturated rings. The number of hydrogen-bond acceptors (Lipinski definition) is 4. The average Bonchev–Trinajstić information content (AvgIpc) is 2.53. The molecular weight excluding hydrogens is 318 g/mol. The van der Waals surface area contributed by atoms with Crippen molar-refractivity contribution in [1.29, 1.82) is 0 Å². The standard InChI is InChI=1S/C16H24F2N4O2/c1-20-5-7-22(8-6-20)11-13(23)10-21(2)16(24)19-12-3-4-14(17)15(18)9-12/h3-4,9,13,23H,5-8,10-11H2,1-2H3,(H,19,24). The summed E-state index contributed by atoms with van der Waals surface area (Å²) in [6.07, 6.45) is -0.672. The van der Waals surface area contributed by atoms with Gasteiger partial charge in [0.25, 0.3) is 0 Å². The Morgan fingerprint density at radius 1 is 1.29 bits per heavy atom. The molecule has 1 aliphatic rings. The summed E-state index contributed by atoms with van der Waals surface area (Å²) in [4.78, 5) is 17.8. The molecule has 1 atom stereocenters. The monoisotopic (exact) mass is 342 g/mol. The van der Waals surface area contributed by atoms with E-state index in [2.05, 4.69) is 22.2 Å². The second-order valence-electron chi connectivity index (χ2n) is 6.20. The highest BCUT2D eigenvalue weighted by Crippen LogP contribution is 2.13. The first kappa shape index (κ1) is 18.6. The number of benzene rings is 1. The van der Waals surface area contributed by atoms with Crippen molar-refractivity contribution in [1.82, 2.24) is 14.7 Å². The Hall–Kier alpha value is -1.77. The van der Waals surface area contributed by atoms with Gasteiger partial charge in [-0.05, 0) is 19.2 Å². The first-order chi connectivity index (χ1) is 11.3. The van der Waals surface area contributed by atoms with Crippen LogP contribution in [0.3, 0.4) is 0 Å². The summed E-state index contributed by atoms with van der Waals surface area (Å²) in [6.45, 7) is 4.34. The van der Waals surface area contributed by atoms with Gasteiger partial charge in [-0.2, -0.15) is 0 Å². The zero-order chi connectivity index (χ0) is 17.7. The number of rotatable bonds is 5. The van der Waals surface area contributed by atoms with E-state index in [9.17, 15) is 18.7 Å². The fraction of sp³-hybridized carbons (Fsp3) is 0.562. The topological polar surface area (TPSA) is 59.1 Å². The maximum absolute atomic E-state index is 13.1. The molecule has 0 radical (unpaired) electrons. The largest absolute Gasteiger partial charge is 0.390 e. The van der Waals surface area contributed by atoms with E-state index in [4.69, 9.17) is 0 Å². The number of β-amino-alcohol motifs (C(OH)–C–C–N with tert-alkyl or cyclic N) is 1. The van der Waals surface area contributed by atoms with E-state index in [0.29, 0.717) is 6.54 Å². The van der Waals surface area contributed by atoms with Crippen molar-refractivity contribution in [3.63, 3.8) is 0 Å². The lowest BCUT2D eigenvalue weighted by molar-refractivity contribution is 0.0670. The molecule has 1 aromatic rings. The minimum absolute atomic E-state index is 0.155. The smallest absolute Gasteiger partial charge is 0.321 e. The van der Waals surface area contributed by atoms with Crippen LogP contribution in [-0.2, 0) is 0 Å². The summed E-state index contributed by atoms with van der Waals surface area (Å²) >= 11 is 0. The van der Waals surface area contributed by atoms with Crippen molar-refractivity contribution in [2.75, 3.05) is 58.7 Å². The molecule has 0 aromatic heterocycles. The Labute approximate surface area is 140 Å². The maximum Gasteiger partial charge on any atom is 0.321 e. The number of carbonyl (C=O) groups excluding carboxylic acids is 1. The quantitative estimate of drug-likeness (QED) is 0.839. The lowest BCUT2D eigenvalue weighted by atomic mass is 10.2.